The Hall–Kier alpha value is -5.17. The maximum absolute atomic E-state index is 14.2. The molecule has 0 radical (unpaired) electrons. The van der Waals surface area contributed by atoms with Gasteiger partial charge in [0.15, 0.2) is 0 Å². The summed E-state index contributed by atoms with van der Waals surface area (Å²) in [7, 11) is 1.61. The number of fused-ring (bicyclic) bond motifs is 1. The normalized spacial score (nSPS) is 12.8. The number of nitrogens with zero attached hydrogens (tertiary/aromatic N) is 3. The minimum atomic E-state index is -0.239. The standard InChI is InChI=1S/C31H24N4O3/c1-38-24-15-12-21(13-16-24)28-25(33-27-17-14-23(36)19-32-27)18-26-29(20-8-4-2-5-9-20)30(34-35(26)31(28)37)22-10-6-3-7-11-22/h2-17,19,36H,18H2,1H3,(H,32,33). The number of methoxy groups -OCH3 is 1. The second-order valence-corrected chi connectivity index (χ2v) is 8.90. The van der Waals surface area contributed by atoms with Crippen molar-refractivity contribution in [2.45, 2.75) is 6.42 Å². The highest BCUT2D eigenvalue weighted by Crippen LogP contribution is 2.40. The Morgan fingerprint density at radius 1 is 0.842 bits per heavy atom. The first-order valence-electron chi connectivity index (χ1n) is 12.2. The molecule has 7 heteroatoms. The molecule has 1 aliphatic heterocycles. The van der Waals surface area contributed by atoms with Crippen LogP contribution in [0.25, 0.3) is 28.0 Å². The molecule has 186 valence electrons. The van der Waals surface area contributed by atoms with Crippen LogP contribution in [-0.4, -0.2) is 32.9 Å². The summed E-state index contributed by atoms with van der Waals surface area (Å²) in [5.41, 5.74) is 6.30. The van der Waals surface area contributed by atoms with E-state index in [-0.39, 0.29) is 11.7 Å². The van der Waals surface area contributed by atoms with Crippen LogP contribution in [0.1, 0.15) is 16.1 Å². The molecule has 0 bridgehead atoms. The average molecular weight is 501 g/mol. The number of nitrogens with one attached hydrogen (secondary N) is 1. The van der Waals surface area contributed by atoms with Crippen molar-refractivity contribution in [2.75, 3.05) is 12.4 Å². The fourth-order valence-corrected chi connectivity index (χ4v) is 4.76. The second kappa shape index (κ2) is 9.71. The first-order chi connectivity index (χ1) is 18.6. The van der Waals surface area contributed by atoms with Crippen molar-refractivity contribution >= 4 is 17.3 Å². The van der Waals surface area contributed by atoms with Crippen LogP contribution in [0.2, 0.25) is 0 Å². The highest BCUT2D eigenvalue weighted by atomic mass is 16.5. The molecular formula is C31H24N4O3. The Bertz CT molecular complexity index is 1640. The lowest BCUT2D eigenvalue weighted by Crippen LogP contribution is -2.26. The molecule has 0 unspecified atom stereocenters. The van der Waals surface area contributed by atoms with Crippen LogP contribution in [0.15, 0.2) is 109 Å². The lowest BCUT2D eigenvalue weighted by molar-refractivity contribution is 0.0958. The molecule has 1 aliphatic rings. The lowest BCUT2D eigenvalue weighted by Gasteiger charge is -2.23. The molecule has 3 aromatic carbocycles. The first kappa shape index (κ1) is 23.2. The number of carbonyl (C=O) groups excluding carboxylic acids is 1. The molecule has 3 heterocycles. The third-order valence-corrected chi connectivity index (χ3v) is 6.55. The number of pyridine rings is 1. The third-order valence-electron chi connectivity index (χ3n) is 6.55. The van der Waals surface area contributed by atoms with E-state index in [0.29, 0.717) is 29.3 Å². The molecule has 2 N–H and O–H groups in total. The minimum absolute atomic E-state index is 0.0663. The van der Waals surface area contributed by atoms with Crippen molar-refractivity contribution in [1.82, 2.24) is 14.8 Å². The number of rotatable bonds is 6. The summed E-state index contributed by atoms with van der Waals surface area (Å²) in [6.07, 6.45) is 1.79. The molecule has 0 spiro atoms. The van der Waals surface area contributed by atoms with E-state index in [0.717, 1.165) is 33.6 Å². The summed E-state index contributed by atoms with van der Waals surface area (Å²) >= 11 is 0. The number of ether oxygens (including phenoxy) is 1. The number of allylic oxidation sites excluding steroid dienone is 2. The van der Waals surface area contributed by atoms with Gasteiger partial charge in [-0.2, -0.15) is 9.78 Å². The van der Waals surface area contributed by atoms with Gasteiger partial charge in [-0.3, -0.25) is 4.79 Å². The highest BCUT2D eigenvalue weighted by molar-refractivity contribution is 6.23. The Balaban J connectivity index is 1.55. The highest BCUT2D eigenvalue weighted by Gasteiger charge is 2.33. The van der Waals surface area contributed by atoms with Gasteiger partial charge in [-0.1, -0.05) is 72.8 Å². The third kappa shape index (κ3) is 4.20. The van der Waals surface area contributed by atoms with Crippen molar-refractivity contribution in [3.8, 4) is 33.9 Å². The Labute approximate surface area is 219 Å². The zero-order chi connectivity index (χ0) is 26.1. The SMILES string of the molecule is COc1ccc(C2=C(Nc3ccc(O)cn3)Cc3c(-c4ccccc4)c(-c4ccccc4)nn3C2=O)cc1. The van der Waals surface area contributed by atoms with Crippen molar-refractivity contribution < 1.29 is 14.6 Å². The Kier molecular flexibility index (Phi) is 5.94. The fourth-order valence-electron chi connectivity index (χ4n) is 4.76. The van der Waals surface area contributed by atoms with Gasteiger partial charge >= 0.3 is 0 Å². The monoisotopic (exact) mass is 500 g/mol. The van der Waals surface area contributed by atoms with Gasteiger partial charge in [0, 0.05) is 23.2 Å². The van der Waals surface area contributed by atoms with Crippen LogP contribution in [0.3, 0.4) is 0 Å². The molecule has 0 saturated carbocycles. The van der Waals surface area contributed by atoms with Gasteiger partial charge in [-0.15, -0.1) is 0 Å². The van der Waals surface area contributed by atoms with Gasteiger partial charge in [0.1, 0.15) is 23.0 Å². The Morgan fingerprint density at radius 3 is 2.16 bits per heavy atom. The van der Waals surface area contributed by atoms with E-state index in [1.54, 1.807) is 19.2 Å². The van der Waals surface area contributed by atoms with Crippen LogP contribution in [-0.2, 0) is 6.42 Å². The predicted molar refractivity (Wildman–Crippen MR) is 147 cm³/mol. The molecule has 38 heavy (non-hydrogen) atoms. The van der Waals surface area contributed by atoms with E-state index in [1.165, 1.54) is 10.9 Å². The first-order valence-corrected chi connectivity index (χ1v) is 12.2. The van der Waals surface area contributed by atoms with Crippen molar-refractivity contribution in [3.05, 3.63) is 120 Å². The van der Waals surface area contributed by atoms with Crippen LogP contribution >= 0.6 is 0 Å². The number of aromatic nitrogens is 3. The summed E-state index contributed by atoms with van der Waals surface area (Å²) in [4.78, 5) is 18.5. The van der Waals surface area contributed by atoms with Crippen LogP contribution in [0, 0.1) is 0 Å². The number of aromatic hydroxyl groups is 1. The van der Waals surface area contributed by atoms with Crippen LogP contribution in [0.5, 0.6) is 11.5 Å². The van der Waals surface area contributed by atoms with E-state index in [4.69, 9.17) is 9.84 Å². The summed E-state index contributed by atoms with van der Waals surface area (Å²) in [5.74, 6) is 1.05. The Morgan fingerprint density at radius 2 is 1.53 bits per heavy atom. The topological polar surface area (TPSA) is 89.3 Å². The molecule has 6 rings (SSSR count). The number of carbonyl (C=O) groups is 1. The smallest absolute Gasteiger partial charge is 0.280 e. The van der Waals surface area contributed by atoms with Gasteiger partial charge in [0.05, 0.1) is 24.6 Å². The van der Waals surface area contributed by atoms with Crippen molar-refractivity contribution in [2.24, 2.45) is 0 Å². The van der Waals surface area contributed by atoms with Gasteiger partial charge in [-0.25, -0.2) is 4.98 Å². The van der Waals surface area contributed by atoms with Gasteiger partial charge in [0.25, 0.3) is 5.91 Å². The molecule has 0 amide bonds. The van der Waals surface area contributed by atoms with E-state index in [9.17, 15) is 9.90 Å². The minimum Gasteiger partial charge on any atom is -0.506 e. The quantitative estimate of drug-likeness (QED) is 0.295. The van der Waals surface area contributed by atoms with Gasteiger partial charge in [-0.05, 0) is 35.4 Å². The summed E-state index contributed by atoms with van der Waals surface area (Å²) < 4.78 is 6.85. The van der Waals surface area contributed by atoms with E-state index in [1.807, 2.05) is 84.9 Å². The molecule has 7 nitrogen and oxygen atoms in total. The van der Waals surface area contributed by atoms with E-state index < -0.39 is 0 Å². The molecule has 2 aromatic heterocycles. The van der Waals surface area contributed by atoms with Crippen LogP contribution < -0.4 is 10.1 Å². The number of hydrogen-bond acceptors (Lipinski definition) is 6. The number of anilines is 1. The molecule has 0 atom stereocenters. The van der Waals surface area contributed by atoms with Crippen molar-refractivity contribution in [1.29, 1.82) is 0 Å². The van der Waals surface area contributed by atoms with Gasteiger partial charge < -0.3 is 15.2 Å². The number of benzene rings is 3. The second-order valence-electron chi connectivity index (χ2n) is 8.90. The molecular weight excluding hydrogens is 476 g/mol. The maximum Gasteiger partial charge on any atom is 0.280 e. The van der Waals surface area contributed by atoms with E-state index >= 15 is 0 Å². The predicted octanol–water partition coefficient (Wildman–Crippen LogP) is 6.05. The average Bonchev–Trinajstić information content (AvgIpc) is 3.35. The molecule has 0 fully saturated rings. The van der Waals surface area contributed by atoms with E-state index in [2.05, 4.69) is 10.3 Å². The summed E-state index contributed by atoms with van der Waals surface area (Å²) in [6.45, 7) is 0. The molecule has 0 saturated heterocycles. The molecule has 5 aromatic rings. The lowest BCUT2D eigenvalue weighted by atomic mass is 9.92. The van der Waals surface area contributed by atoms with Crippen molar-refractivity contribution in [3.63, 3.8) is 0 Å². The molecule has 0 aliphatic carbocycles. The number of hydrogen-bond donors (Lipinski definition) is 2. The zero-order valence-electron chi connectivity index (χ0n) is 20.6. The summed E-state index contributed by atoms with van der Waals surface area (Å²) in [6, 6.07) is 30.5. The fraction of sp³-hybridized carbons (Fsp3) is 0.0645. The largest absolute Gasteiger partial charge is 0.506 e. The van der Waals surface area contributed by atoms with Crippen LogP contribution in [0.4, 0.5) is 5.82 Å². The summed E-state index contributed by atoms with van der Waals surface area (Å²) in [5, 5.41) is 17.9. The maximum atomic E-state index is 14.2. The van der Waals surface area contributed by atoms with Gasteiger partial charge in [0.2, 0.25) is 0 Å². The zero-order valence-corrected chi connectivity index (χ0v) is 20.6.